The van der Waals surface area contributed by atoms with Crippen molar-refractivity contribution in [1.82, 2.24) is 0 Å². The predicted octanol–water partition coefficient (Wildman–Crippen LogP) is 7.13. The number of hydrogen-bond donors (Lipinski definition) is 0. The van der Waals surface area contributed by atoms with Gasteiger partial charge in [0.05, 0.1) is 23.3 Å². The van der Waals surface area contributed by atoms with Crippen molar-refractivity contribution < 1.29 is 0 Å². The molecule has 0 amide bonds. The molecule has 3 rings (SSSR count). The molecule has 150 valence electrons. The zero-order valence-electron chi connectivity index (χ0n) is 18.2. The van der Waals surface area contributed by atoms with Gasteiger partial charge >= 0.3 is 0 Å². The van der Waals surface area contributed by atoms with Crippen LogP contribution in [0.15, 0.2) is 72.8 Å². The second-order valence-corrected chi connectivity index (χ2v) is 9.20. The predicted molar refractivity (Wildman–Crippen MR) is 123 cm³/mol. The maximum Gasteiger partial charge on any atom is 0.0991 e. The van der Waals surface area contributed by atoms with Crippen molar-refractivity contribution >= 4 is 0 Å². The minimum atomic E-state index is -0.0526. The Morgan fingerprint density at radius 3 is 1.83 bits per heavy atom. The summed E-state index contributed by atoms with van der Waals surface area (Å²) in [5, 5.41) is 18.5. The van der Waals surface area contributed by atoms with Gasteiger partial charge in [-0.25, -0.2) is 0 Å². The summed E-state index contributed by atoms with van der Waals surface area (Å²) < 4.78 is 0. The smallest absolute Gasteiger partial charge is 0.0991 e. The normalized spacial score (nSPS) is 11.5. The lowest BCUT2D eigenvalue weighted by molar-refractivity contribution is 0.375. The van der Waals surface area contributed by atoms with Gasteiger partial charge in [0.1, 0.15) is 0 Å². The second kappa shape index (κ2) is 8.56. The number of nitriles is 2. The van der Waals surface area contributed by atoms with Gasteiger partial charge < -0.3 is 0 Å². The largest absolute Gasteiger partial charge is 0.192 e. The van der Waals surface area contributed by atoms with Crippen LogP contribution in [0.5, 0.6) is 0 Å². The molecule has 0 atom stereocenters. The van der Waals surface area contributed by atoms with E-state index in [2.05, 4.69) is 70.2 Å². The maximum atomic E-state index is 9.41. The lowest BCUT2D eigenvalue weighted by atomic mass is 9.71. The Bertz CT molecular complexity index is 1090. The Labute approximate surface area is 180 Å². The molecule has 0 bridgehead atoms. The molecule has 0 radical (unpaired) electrons. The van der Waals surface area contributed by atoms with Gasteiger partial charge in [0, 0.05) is 0 Å². The third-order valence-electron chi connectivity index (χ3n) is 6.13. The van der Waals surface area contributed by atoms with E-state index in [1.807, 2.05) is 42.5 Å². The number of benzene rings is 3. The molecule has 0 saturated carbocycles. The van der Waals surface area contributed by atoms with Crippen molar-refractivity contribution in [3.63, 3.8) is 0 Å². The molecular formula is C28H28N2. The summed E-state index contributed by atoms with van der Waals surface area (Å²) in [5.74, 6) is 0. The third-order valence-corrected chi connectivity index (χ3v) is 6.13. The quantitative estimate of drug-likeness (QED) is 0.448. The molecule has 0 aromatic heterocycles. The number of hydrogen-bond acceptors (Lipinski definition) is 2. The van der Waals surface area contributed by atoms with Gasteiger partial charge in [0.15, 0.2) is 0 Å². The molecule has 0 aliphatic heterocycles. The van der Waals surface area contributed by atoms with E-state index < -0.39 is 0 Å². The van der Waals surface area contributed by atoms with Crippen molar-refractivity contribution in [3.05, 3.63) is 95.1 Å². The minimum Gasteiger partial charge on any atom is -0.192 e. The molecule has 2 heteroatoms. The van der Waals surface area contributed by atoms with Gasteiger partial charge in [-0.2, -0.15) is 10.5 Å². The fourth-order valence-corrected chi connectivity index (χ4v) is 3.96. The van der Waals surface area contributed by atoms with E-state index in [1.165, 1.54) is 11.1 Å². The molecule has 0 saturated heterocycles. The Morgan fingerprint density at radius 2 is 1.23 bits per heavy atom. The van der Waals surface area contributed by atoms with Crippen LogP contribution in [-0.2, 0) is 10.8 Å². The lowest BCUT2D eigenvalue weighted by Gasteiger charge is -2.33. The van der Waals surface area contributed by atoms with E-state index in [4.69, 9.17) is 5.26 Å². The van der Waals surface area contributed by atoms with E-state index in [0.29, 0.717) is 11.1 Å². The standard InChI is InChI=1S/C28H28N2/c1-27(2,24-13-10-21(19-29)11-14-24)16-17-28(3,4)26-15-12-22(20-30)18-25(26)23-8-6-5-7-9-23/h5-15,18H,16-17H2,1-4H3. The zero-order valence-corrected chi connectivity index (χ0v) is 18.2. The topological polar surface area (TPSA) is 47.6 Å². The highest BCUT2D eigenvalue weighted by atomic mass is 14.3. The first-order chi connectivity index (χ1) is 14.3. The Morgan fingerprint density at radius 1 is 0.667 bits per heavy atom. The van der Waals surface area contributed by atoms with Crippen LogP contribution in [0.3, 0.4) is 0 Å². The van der Waals surface area contributed by atoms with E-state index in [0.717, 1.165) is 24.0 Å². The molecular weight excluding hydrogens is 364 g/mol. The molecule has 2 nitrogen and oxygen atoms in total. The summed E-state index contributed by atoms with van der Waals surface area (Å²) in [6, 6.07) is 28.8. The third kappa shape index (κ3) is 4.61. The van der Waals surface area contributed by atoms with Gasteiger partial charge in [0.2, 0.25) is 0 Å². The molecule has 3 aromatic carbocycles. The zero-order chi connectivity index (χ0) is 21.8. The fourth-order valence-electron chi connectivity index (χ4n) is 3.96. The van der Waals surface area contributed by atoms with Crippen LogP contribution in [0.25, 0.3) is 11.1 Å². The van der Waals surface area contributed by atoms with Gasteiger partial charge in [-0.3, -0.25) is 0 Å². The molecule has 0 aliphatic carbocycles. The highest BCUT2D eigenvalue weighted by Crippen LogP contribution is 2.40. The first kappa shape index (κ1) is 21.4. The number of rotatable bonds is 6. The van der Waals surface area contributed by atoms with Crippen LogP contribution in [0.4, 0.5) is 0 Å². The molecule has 0 spiro atoms. The highest BCUT2D eigenvalue weighted by Gasteiger charge is 2.29. The summed E-state index contributed by atoms with van der Waals surface area (Å²) in [6.07, 6.45) is 2.02. The van der Waals surface area contributed by atoms with E-state index >= 15 is 0 Å². The molecule has 0 fully saturated rings. The SMILES string of the molecule is CC(C)(CCC(C)(C)c1ccc(C#N)cc1-c1ccccc1)c1ccc(C#N)cc1. The summed E-state index contributed by atoms with van der Waals surface area (Å²) >= 11 is 0. The van der Waals surface area contributed by atoms with Crippen molar-refractivity contribution in [1.29, 1.82) is 10.5 Å². The van der Waals surface area contributed by atoms with Crippen molar-refractivity contribution in [2.24, 2.45) is 0 Å². The van der Waals surface area contributed by atoms with Gasteiger partial charge in [-0.05, 0) is 70.2 Å². The van der Waals surface area contributed by atoms with Crippen LogP contribution in [0, 0.1) is 22.7 Å². The molecule has 0 unspecified atom stereocenters. The Hall–Kier alpha value is -3.36. The first-order valence-corrected chi connectivity index (χ1v) is 10.4. The molecule has 0 heterocycles. The van der Waals surface area contributed by atoms with E-state index in [-0.39, 0.29) is 10.8 Å². The average Bonchev–Trinajstić information content (AvgIpc) is 2.78. The van der Waals surface area contributed by atoms with Gasteiger partial charge in [-0.1, -0.05) is 76.2 Å². The number of nitrogens with zero attached hydrogens (tertiary/aromatic N) is 2. The molecule has 30 heavy (non-hydrogen) atoms. The molecule has 0 aliphatic rings. The molecule has 0 N–H and O–H groups in total. The summed E-state index contributed by atoms with van der Waals surface area (Å²) in [6.45, 7) is 9.11. The minimum absolute atomic E-state index is 0.00472. The second-order valence-electron chi connectivity index (χ2n) is 9.20. The van der Waals surface area contributed by atoms with Gasteiger partial charge in [-0.15, -0.1) is 0 Å². The van der Waals surface area contributed by atoms with Crippen LogP contribution < -0.4 is 0 Å². The van der Waals surface area contributed by atoms with Crippen LogP contribution >= 0.6 is 0 Å². The van der Waals surface area contributed by atoms with Crippen LogP contribution in [0.1, 0.15) is 62.8 Å². The van der Waals surface area contributed by atoms with E-state index in [9.17, 15) is 5.26 Å². The summed E-state index contributed by atoms with van der Waals surface area (Å²) in [7, 11) is 0. The summed E-state index contributed by atoms with van der Waals surface area (Å²) in [4.78, 5) is 0. The highest BCUT2D eigenvalue weighted by molar-refractivity contribution is 5.70. The summed E-state index contributed by atoms with van der Waals surface area (Å²) in [5.41, 5.74) is 6.13. The molecule has 3 aromatic rings. The Kier molecular flexibility index (Phi) is 6.09. The van der Waals surface area contributed by atoms with Gasteiger partial charge in [0.25, 0.3) is 0 Å². The van der Waals surface area contributed by atoms with Crippen molar-refractivity contribution in [2.45, 2.75) is 51.4 Å². The fraction of sp³-hybridized carbons (Fsp3) is 0.286. The average molecular weight is 393 g/mol. The van der Waals surface area contributed by atoms with Crippen molar-refractivity contribution in [2.75, 3.05) is 0 Å². The van der Waals surface area contributed by atoms with Crippen LogP contribution in [0.2, 0.25) is 0 Å². The van der Waals surface area contributed by atoms with Crippen molar-refractivity contribution in [3.8, 4) is 23.3 Å². The van der Waals surface area contributed by atoms with Crippen LogP contribution in [-0.4, -0.2) is 0 Å². The monoisotopic (exact) mass is 392 g/mol. The van der Waals surface area contributed by atoms with E-state index in [1.54, 1.807) is 0 Å². The maximum absolute atomic E-state index is 9.41. The Balaban J connectivity index is 1.90. The first-order valence-electron chi connectivity index (χ1n) is 10.4. The lowest BCUT2D eigenvalue weighted by Crippen LogP contribution is -2.25.